The first-order chi connectivity index (χ1) is 9.17. The standard InChI is InChI=1S/C12H14BrN3O2S/c1-4-10-15-12(19-16-10)14-7-5-8(17-2)11(13)9(6-7)18-3/h5-6H,4H2,1-3H3,(H,14,15,16). The van der Waals surface area contributed by atoms with Crippen LogP contribution in [0.5, 0.6) is 11.5 Å². The van der Waals surface area contributed by atoms with E-state index in [0.717, 1.165) is 27.5 Å². The average Bonchev–Trinajstić information content (AvgIpc) is 2.88. The van der Waals surface area contributed by atoms with Gasteiger partial charge in [-0.25, -0.2) is 4.98 Å². The predicted octanol–water partition coefficient (Wildman–Crippen LogP) is 3.62. The Bertz CT molecular complexity index is 549. The fourth-order valence-electron chi connectivity index (χ4n) is 1.51. The number of aryl methyl sites for hydroxylation is 1. The lowest BCUT2D eigenvalue weighted by atomic mass is 10.3. The van der Waals surface area contributed by atoms with E-state index in [9.17, 15) is 0 Å². The van der Waals surface area contributed by atoms with E-state index in [2.05, 4.69) is 30.6 Å². The van der Waals surface area contributed by atoms with Crippen LogP contribution in [0.1, 0.15) is 12.7 Å². The van der Waals surface area contributed by atoms with Gasteiger partial charge >= 0.3 is 0 Å². The summed E-state index contributed by atoms with van der Waals surface area (Å²) in [5, 5.41) is 3.95. The minimum Gasteiger partial charge on any atom is -0.495 e. The summed E-state index contributed by atoms with van der Waals surface area (Å²) in [6.07, 6.45) is 0.825. The summed E-state index contributed by atoms with van der Waals surface area (Å²) in [6.45, 7) is 2.03. The Kier molecular flexibility index (Phi) is 4.60. The predicted molar refractivity (Wildman–Crippen MR) is 79.8 cm³/mol. The number of nitrogens with zero attached hydrogens (tertiary/aromatic N) is 2. The van der Waals surface area contributed by atoms with Crippen LogP contribution in [0, 0.1) is 0 Å². The summed E-state index contributed by atoms with van der Waals surface area (Å²) in [5.41, 5.74) is 0.843. The molecule has 102 valence electrons. The maximum Gasteiger partial charge on any atom is 0.207 e. The van der Waals surface area contributed by atoms with Crippen LogP contribution in [0.2, 0.25) is 0 Å². The molecule has 2 aromatic rings. The number of hydrogen-bond acceptors (Lipinski definition) is 6. The molecule has 2 rings (SSSR count). The molecular formula is C12H14BrN3O2S. The molecular weight excluding hydrogens is 330 g/mol. The van der Waals surface area contributed by atoms with Gasteiger partial charge in [0.2, 0.25) is 5.13 Å². The second kappa shape index (κ2) is 6.21. The van der Waals surface area contributed by atoms with E-state index in [1.54, 1.807) is 14.2 Å². The quantitative estimate of drug-likeness (QED) is 0.898. The Hall–Kier alpha value is -1.34. The highest BCUT2D eigenvalue weighted by Gasteiger charge is 2.11. The van der Waals surface area contributed by atoms with Gasteiger partial charge in [-0.3, -0.25) is 0 Å². The molecule has 0 saturated heterocycles. The fourth-order valence-corrected chi connectivity index (χ4v) is 2.74. The van der Waals surface area contributed by atoms with E-state index in [0.29, 0.717) is 11.5 Å². The van der Waals surface area contributed by atoms with E-state index in [1.165, 1.54) is 11.5 Å². The minimum absolute atomic E-state index is 0.696. The highest BCUT2D eigenvalue weighted by molar-refractivity contribution is 9.10. The van der Waals surface area contributed by atoms with Gasteiger partial charge in [-0.15, -0.1) is 0 Å². The SMILES string of the molecule is CCc1nsc(Nc2cc(OC)c(Br)c(OC)c2)n1. The molecule has 19 heavy (non-hydrogen) atoms. The van der Waals surface area contributed by atoms with Crippen molar-refractivity contribution in [1.82, 2.24) is 9.36 Å². The Morgan fingerprint density at radius 1 is 1.26 bits per heavy atom. The van der Waals surface area contributed by atoms with E-state index in [-0.39, 0.29) is 0 Å². The third-order valence-electron chi connectivity index (χ3n) is 2.48. The van der Waals surface area contributed by atoms with Crippen LogP contribution < -0.4 is 14.8 Å². The zero-order valence-corrected chi connectivity index (χ0v) is 13.3. The van der Waals surface area contributed by atoms with Crippen molar-refractivity contribution in [2.24, 2.45) is 0 Å². The molecule has 0 atom stereocenters. The molecule has 0 fully saturated rings. The molecule has 7 heteroatoms. The molecule has 1 aromatic carbocycles. The van der Waals surface area contributed by atoms with Gasteiger partial charge in [0, 0.05) is 35.8 Å². The van der Waals surface area contributed by atoms with Gasteiger partial charge in [-0.2, -0.15) is 4.37 Å². The van der Waals surface area contributed by atoms with Crippen molar-refractivity contribution in [3.05, 3.63) is 22.4 Å². The molecule has 0 radical (unpaired) electrons. The monoisotopic (exact) mass is 343 g/mol. The Balaban J connectivity index is 2.29. The summed E-state index contributed by atoms with van der Waals surface area (Å²) in [4.78, 5) is 4.36. The van der Waals surface area contributed by atoms with E-state index >= 15 is 0 Å². The van der Waals surface area contributed by atoms with Crippen LogP contribution in [0.25, 0.3) is 0 Å². The molecule has 0 amide bonds. The molecule has 1 aromatic heterocycles. The smallest absolute Gasteiger partial charge is 0.207 e. The van der Waals surface area contributed by atoms with Crippen LogP contribution in [-0.2, 0) is 6.42 Å². The summed E-state index contributed by atoms with van der Waals surface area (Å²) in [5.74, 6) is 2.23. The number of anilines is 2. The number of ether oxygens (including phenoxy) is 2. The Morgan fingerprint density at radius 3 is 2.37 bits per heavy atom. The lowest BCUT2D eigenvalue weighted by molar-refractivity contribution is 0.390. The highest BCUT2D eigenvalue weighted by atomic mass is 79.9. The van der Waals surface area contributed by atoms with E-state index in [1.807, 2.05) is 19.1 Å². The summed E-state index contributed by atoms with van der Waals surface area (Å²) in [7, 11) is 3.23. The van der Waals surface area contributed by atoms with Crippen molar-refractivity contribution in [3.8, 4) is 11.5 Å². The molecule has 0 spiro atoms. The first-order valence-corrected chi connectivity index (χ1v) is 7.25. The second-order valence-corrected chi connectivity index (χ2v) is 5.23. The van der Waals surface area contributed by atoms with Crippen molar-refractivity contribution in [2.75, 3.05) is 19.5 Å². The molecule has 5 nitrogen and oxygen atoms in total. The van der Waals surface area contributed by atoms with E-state index in [4.69, 9.17) is 9.47 Å². The van der Waals surface area contributed by atoms with Crippen LogP contribution in [-0.4, -0.2) is 23.6 Å². The van der Waals surface area contributed by atoms with Crippen LogP contribution in [0.3, 0.4) is 0 Å². The molecule has 1 heterocycles. The largest absolute Gasteiger partial charge is 0.495 e. The van der Waals surface area contributed by atoms with Crippen molar-refractivity contribution in [3.63, 3.8) is 0 Å². The van der Waals surface area contributed by atoms with Gasteiger partial charge < -0.3 is 14.8 Å². The van der Waals surface area contributed by atoms with Crippen LogP contribution in [0.4, 0.5) is 10.8 Å². The molecule has 0 aliphatic heterocycles. The fraction of sp³-hybridized carbons (Fsp3) is 0.333. The number of halogens is 1. The molecule has 0 aliphatic carbocycles. The van der Waals surface area contributed by atoms with Crippen LogP contribution in [0.15, 0.2) is 16.6 Å². The maximum absolute atomic E-state index is 5.29. The summed E-state index contributed by atoms with van der Waals surface area (Å²) in [6, 6.07) is 3.75. The lowest BCUT2D eigenvalue weighted by Gasteiger charge is -2.11. The van der Waals surface area contributed by atoms with Crippen molar-refractivity contribution < 1.29 is 9.47 Å². The number of benzene rings is 1. The summed E-state index contributed by atoms with van der Waals surface area (Å²) < 4.78 is 15.6. The minimum atomic E-state index is 0.696. The van der Waals surface area contributed by atoms with Crippen molar-refractivity contribution >= 4 is 38.3 Å². The zero-order valence-electron chi connectivity index (χ0n) is 10.9. The second-order valence-electron chi connectivity index (χ2n) is 3.69. The maximum atomic E-state index is 5.29. The lowest BCUT2D eigenvalue weighted by Crippen LogP contribution is -1.95. The van der Waals surface area contributed by atoms with Crippen molar-refractivity contribution in [1.29, 1.82) is 0 Å². The number of nitrogens with one attached hydrogen (secondary N) is 1. The van der Waals surface area contributed by atoms with E-state index < -0.39 is 0 Å². The number of rotatable bonds is 5. The van der Waals surface area contributed by atoms with Gasteiger partial charge in [-0.05, 0) is 15.9 Å². The topological polar surface area (TPSA) is 56.3 Å². The third-order valence-corrected chi connectivity index (χ3v) is 3.93. The van der Waals surface area contributed by atoms with Gasteiger partial charge in [0.15, 0.2) is 0 Å². The summed E-state index contributed by atoms with van der Waals surface area (Å²) >= 11 is 4.77. The van der Waals surface area contributed by atoms with Gasteiger partial charge in [0.1, 0.15) is 21.8 Å². The number of aromatic nitrogens is 2. The third kappa shape index (κ3) is 3.16. The molecule has 0 bridgehead atoms. The Morgan fingerprint density at radius 2 is 1.89 bits per heavy atom. The molecule has 1 N–H and O–H groups in total. The normalized spacial score (nSPS) is 10.3. The van der Waals surface area contributed by atoms with Crippen molar-refractivity contribution in [2.45, 2.75) is 13.3 Å². The van der Waals surface area contributed by atoms with Crippen LogP contribution >= 0.6 is 27.5 Å². The van der Waals surface area contributed by atoms with Gasteiger partial charge in [0.05, 0.1) is 14.2 Å². The molecule has 0 saturated carbocycles. The number of hydrogen-bond donors (Lipinski definition) is 1. The van der Waals surface area contributed by atoms with Gasteiger partial charge in [-0.1, -0.05) is 6.92 Å². The highest BCUT2D eigenvalue weighted by Crippen LogP contribution is 2.38. The Labute approximate surface area is 124 Å². The van der Waals surface area contributed by atoms with Gasteiger partial charge in [0.25, 0.3) is 0 Å². The average molecular weight is 344 g/mol. The number of methoxy groups -OCH3 is 2. The first-order valence-electron chi connectivity index (χ1n) is 5.69. The zero-order chi connectivity index (χ0) is 13.8. The molecule has 0 unspecified atom stereocenters. The molecule has 0 aliphatic rings. The first kappa shape index (κ1) is 14.1.